The Kier molecular flexibility index (Phi) is 7.55. The standard InChI is InChI=1S/C21H22O5/c1-2-3-7-16-10-12-18(13-11-16)20(23)25-15-14-19(22)26-21(24)17-8-5-4-6-9-17/h4-6,8-13H,2-3,7,14-15H2,1H3. The molecule has 0 saturated heterocycles. The molecule has 2 aromatic carbocycles. The van der Waals surface area contributed by atoms with Crippen LogP contribution in [0.25, 0.3) is 0 Å². The Balaban J connectivity index is 1.73. The molecule has 0 amide bonds. The van der Waals surface area contributed by atoms with E-state index in [1.165, 1.54) is 5.56 Å². The highest BCUT2D eigenvalue weighted by Gasteiger charge is 2.14. The molecular weight excluding hydrogens is 332 g/mol. The van der Waals surface area contributed by atoms with Crippen molar-refractivity contribution in [1.29, 1.82) is 0 Å². The summed E-state index contributed by atoms with van der Waals surface area (Å²) in [5.41, 5.74) is 1.89. The Morgan fingerprint density at radius 3 is 2.15 bits per heavy atom. The predicted molar refractivity (Wildman–Crippen MR) is 96.8 cm³/mol. The van der Waals surface area contributed by atoms with Crippen LogP contribution >= 0.6 is 0 Å². The van der Waals surface area contributed by atoms with Gasteiger partial charge in [-0.3, -0.25) is 4.79 Å². The first-order valence-electron chi connectivity index (χ1n) is 8.66. The highest BCUT2D eigenvalue weighted by atomic mass is 16.6. The molecule has 0 fully saturated rings. The second kappa shape index (κ2) is 10.1. The number of aryl methyl sites for hydroxylation is 1. The van der Waals surface area contributed by atoms with Gasteiger partial charge in [-0.2, -0.15) is 0 Å². The van der Waals surface area contributed by atoms with E-state index in [-0.39, 0.29) is 13.0 Å². The van der Waals surface area contributed by atoms with Crippen molar-refractivity contribution in [3.8, 4) is 0 Å². The largest absolute Gasteiger partial charge is 0.461 e. The van der Waals surface area contributed by atoms with Crippen molar-refractivity contribution in [2.75, 3.05) is 6.61 Å². The number of ether oxygens (including phenoxy) is 2. The fraction of sp³-hybridized carbons (Fsp3) is 0.286. The maximum atomic E-state index is 12.0. The molecule has 0 heterocycles. The van der Waals surface area contributed by atoms with E-state index in [9.17, 15) is 14.4 Å². The molecule has 0 saturated carbocycles. The fourth-order valence-electron chi connectivity index (χ4n) is 2.29. The van der Waals surface area contributed by atoms with Crippen molar-refractivity contribution in [3.63, 3.8) is 0 Å². The molecule has 2 aromatic rings. The van der Waals surface area contributed by atoms with Gasteiger partial charge in [0.25, 0.3) is 0 Å². The molecule has 5 heteroatoms. The first-order valence-corrected chi connectivity index (χ1v) is 8.66. The first-order chi connectivity index (χ1) is 12.6. The van der Waals surface area contributed by atoms with Gasteiger partial charge in [0.1, 0.15) is 6.61 Å². The third kappa shape index (κ3) is 6.16. The molecule has 0 aliphatic carbocycles. The van der Waals surface area contributed by atoms with E-state index in [0.29, 0.717) is 11.1 Å². The van der Waals surface area contributed by atoms with Crippen molar-refractivity contribution < 1.29 is 23.9 Å². The Hall–Kier alpha value is -2.95. The van der Waals surface area contributed by atoms with E-state index < -0.39 is 17.9 Å². The normalized spacial score (nSPS) is 10.2. The van der Waals surface area contributed by atoms with Gasteiger partial charge in [-0.25, -0.2) is 9.59 Å². The third-order valence-electron chi connectivity index (χ3n) is 3.76. The average Bonchev–Trinajstić information content (AvgIpc) is 2.67. The van der Waals surface area contributed by atoms with Gasteiger partial charge in [-0.15, -0.1) is 0 Å². The van der Waals surface area contributed by atoms with Gasteiger partial charge in [0.2, 0.25) is 0 Å². The summed E-state index contributed by atoms with van der Waals surface area (Å²) in [5, 5.41) is 0. The quantitative estimate of drug-likeness (QED) is 0.530. The number of unbranched alkanes of at least 4 members (excludes halogenated alkanes) is 1. The third-order valence-corrected chi connectivity index (χ3v) is 3.76. The monoisotopic (exact) mass is 354 g/mol. The van der Waals surface area contributed by atoms with Gasteiger partial charge in [-0.05, 0) is 42.7 Å². The molecule has 136 valence electrons. The van der Waals surface area contributed by atoms with Gasteiger partial charge >= 0.3 is 17.9 Å². The van der Waals surface area contributed by atoms with Crippen molar-refractivity contribution in [1.82, 2.24) is 0 Å². The minimum absolute atomic E-state index is 0.142. The maximum Gasteiger partial charge on any atom is 0.345 e. The van der Waals surface area contributed by atoms with Crippen LogP contribution in [-0.2, 0) is 20.7 Å². The molecule has 26 heavy (non-hydrogen) atoms. The highest BCUT2D eigenvalue weighted by molar-refractivity contribution is 5.96. The van der Waals surface area contributed by atoms with E-state index >= 15 is 0 Å². The molecule has 0 unspecified atom stereocenters. The van der Waals surface area contributed by atoms with Crippen LogP contribution in [-0.4, -0.2) is 24.5 Å². The van der Waals surface area contributed by atoms with Gasteiger partial charge < -0.3 is 9.47 Å². The summed E-state index contributed by atoms with van der Waals surface area (Å²) in [4.78, 5) is 35.3. The average molecular weight is 354 g/mol. The van der Waals surface area contributed by atoms with E-state index in [2.05, 4.69) is 6.92 Å². The van der Waals surface area contributed by atoms with Gasteiger partial charge in [-0.1, -0.05) is 43.7 Å². The molecule has 0 radical (unpaired) electrons. The summed E-state index contributed by atoms with van der Waals surface area (Å²) < 4.78 is 9.76. The summed E-state index contributed by atoms with van der Waals surface area (Å²) in [6.45, 7) is 1.99. The van der Waals surface area contributed by atoms with E-state index in [4.69, 9.17) is 9.47 Å². The van der Waals surface area contributed by atoms with Crippen LogP contribution in [0.5, 0.6) is 0 Å². The molecule has 5 nitrogen and oxygen atoms in total. The first kappa shape index (κ1) is 19.4. The zero-order valence-corrected chi connectivity index (χ0v) is 14.8. The second-order valence-electron chi connectivity index (χ2n) is 5.81. The molecule has 0 N–H and O–H groups in total. The van der Waals surface area contributed by atoms with Gasteiger partial charge in [0.15, 0.2) is 0 Å². The SMILES string of the molecule is CCCCc1ccc(C(=O)OCCC(=O)OC(=O)c2ccccc2)cc1. The van der Waals surface area contributed by atoms with Crippen molar-refractivity contribution in [2.45, 2.75) is 32.6 Å². The zero-order chi connectivity index (χ0) is 18.8. The molecule has 0 atom stereocenters. The van der Waals surface area contributed by atoms with E-state index in [1.807, 2.05) is 12.1 Å². The lowest BCUT2D eigenvalue weighted by Gasteiger charge is -2.06. The number of hydrogen-bond donors (Lipinski definition) is 0. The number of hydrogen-bond acceptors (Lipinski definition) is 5. The van der Waals surface area contributed by atoms with E-state index in [1.54, 1.807) is 42.5 Å². The van der Waals surface area contributed by atoms with Crippen molar-refractivity contribution >= 4 is 17.9 Å². The van der Waals surface area contributed by atoms with Crippen LogP contribution in [0.3, 0.4) is 0 Å². The topological polar surface area (TPSA) is 69.7 Å². The Labute approximate surface area is 152 Å². The number of benzene rings is 2. The van der Waals surface area contributed by atoms with E-state index in [0.717, 1.165) is 19.3 Å². The van der Waals surface area contributed by atoms with Gasteiger partial charge in [0.05, 0.1) is 17.5 Å². The van der Waals surface area contributed by atoms with Gasteiger partial charge in [0, 0.05) is 0 Å². The highest BCUT2D eigenvalue weighted by Crippen LogP contribution is 2.09. The number of rotatable bonds is 8. The minimum Gasteiger partial charge on any atom is -0.461 e. The lowest BCUT2D eigenvalue weighted by Crippen LogP contribution is -2.16. The smallest absolute Gasteiger partial charge is 0.345 e. The summed E-state index contributed by atoms with van der Waals surface area (Å²) >= 11 is 0. The summed E-state index contributed by atoms with van der Waals surface area (Å²) in [6.07, 6.45) is 3.02. The lowest BCUT2D eigenvalue weighted by molar-refractivity contribution is -0.138. The predicted octanol–water partition coefficient (Wildman–Crippen LogP) is 3.96. The molecule has 0 bridgehead atoms. The Bertz CT molecular complexity index is 735. The summed E-state index contributed by atoms with van der Waals surface area (Å²) in [6, 6.07) is 15.5. The number of carbonyl (C=O) groups is 3. The van der Waals surface area contributed by atoms with Crippen LogP contribution < -0.4 is 0 Å². The van der Waals surface area contributed by atoms with Crippen molar-refractivity contribution in [2.24, 2.45) is 0 Å². The maximum absolute atomic E-state index is 12.0. The van der Waals surface area contributed by atoms with Crippen LogP contribution in [0.15, 0.2) is 54.6 Å². The molecule has 0 aliphatic heterocycles. The van der Waals surface area contributed by atoms with Crippen LogP contribution in [0.2, 0.25) is 0 Å². The molecule has 0 aliphatic rings. The van der Waals surface area contributed by atoms with Crippen molar-refractivity contribution in [3.05, 3.63) is 71.3 Å². The van der Waals surface area contributed by atoms with Crippen LogP contribution in [0.4, 0.5) is 0 Å². The Morgan fingerprint density at radius 1 is 0.846 bits per heavy atom. The Morgan fingerprint density at radius 2 is 1.50 bits per heavy atom. The van der Waals surface area contributed by atoms with Crippen LogP contribution in [0.1, 0.15) is 52.5 Å². The van der Waals surface area contributed by atoms with Crippen LogP contribution in [0, 0.1) is 0 Å². The number of carbonyl (C=O) groups excluding carboxylic acids is 3. The summed E-state index contributed by atoms with van der Waals surface area (Å²) in [5.74, 6) is -1.96. The second-order valence-corrected chi connectivity index (χ2v) is 5.81. The molecule has 2 rings (SSSR count). The lowest BCUT2D eigenvalue weighted by atomic mass is 10.1. The fourth-order valence-corrected chi connectivity index (χ4v) is 2.29. The molecule has 0 spiro atoms. The number of esters is 3. The summed E-state index contributed by atoms with van der Waals surface area (Å²) in [7, 11) is 0. The zero-order valence-electron chi connectivity index (χ0n) is 14.8. The molecular formula is C21H22O5. The minimum atomic E-state index is -0.735. The molecule has 0 aromatic heterocycles.